The molecule has 0 radical (unpaired) electrons. The summed E-state index contributed by atoms with van der Waals surface area (Å²) < 4.78 is 6.99. The molecule has 136 valence electrons. The van der Waals surface area contributed by atoms with Crippen LogP contribution in [0.25, 0.3) is 21.7 Å². The first-order valence-corrected chi connectivity index (χ1v) is 9.02. The first-order chi connectivity index (χ1) is 13.2. The molecule has 4 aromatic heterocycles. The Bertz CT molecular complexity index is 1130. The average Bonchev–Trinajstić information content (AvgIpc) is 3.35. The van der Waals surface area contributed by atoms with Crippen LogP contribution in [0.2, 0.25) is 0 Å². The molecule has 0 aliphatic rings. The van der Waals surface area contributed by atoms with E-state index in [9.17, 15) is 9.59 Å². The van der Waals surface area contributed by atoms with E-state index in [-0.39, 0.29) is 18.0 Å². The Morgan fingerprint density at radius 2 is 2.19 bits per heavy atom. The second-order valence-corrected chi connectivity index (χ2v) is 6.56. The molecule has 0 unspecified atom stereocenters. The van der Waals surface area contributed by atoms with Crippen LogP contribution in [0.15, 0.2) is 51.5 Å². The molecule has 4 rings (SSSR count). The van der Waals surface area contributed by atoms with Crippen LogP contribution >= 0.6 is 11.3 Å². The van der Waals surface area contributed by atoms with Crippen molar-refractivity contribution in [3.63, 3.8) is 0 Å². The van der Waals surface area contributed by atoms with E-state index in [0.29, 0.717) is 40.6 Å². The smallest absolute Gasteiger partial charge is 0.271 e. The number of nitrogens with zero attached hydrogens (tertiary/aromatic N) is 5. The summed E-state index contributed by atoms with van der Waals surface area (Å²) in [5, 5.41) is 8.40. The van der Waals surface area contributed by atoms with Crippen LogP contribution in [0.4, 0.5) is 0 Å². The number of thiophene rings is 1. The van der Waals surface area contributed by atoms with Crippen molar-refractivity contribution in [1.29, 1.82) is 0 Å². The molecule has 0 fully saturated rings. The van der Waals surface area contributed by atoms with Gasteiger partial charge in [-0.25, -0.2) is 4.98 Å². The lowest BCUT2D eigenvalue weighted by atomic mass is 10.3. The number of fused-ring (bicyclic) bond motifs is 1. The minimum atomic E-state index is -0.292. The van der Waals surface area contributed by atoms with E-state index in [4.69, 9.17) is 4.52 Å². The predicted octanol–water partition coefficient (Wildman–Crippen LogP) is 1.26. The lowest BCUT2D eigenvalue weighted by Gasteiger charge is -2.06. The number of aromatic nitrogens is 5. The van der Waals surface area contributed by atoms with Gasteiger partial charge in [0, 0.05) is 19.2 Å². The normalized spacial score (nSPS) is 11.0. The van der Waals surface area contributed by atoms with E-state index in [1.165, 1.54) is 22.2 Å². The van der Waals surface area contributed by atoms with E-state index >= 15 is 0 Å². The molecule has 0 aliphatic carbocycles. The Hall–Kier alpha value is -3.40. The molecule has 0 bridgehead atoms. The van der Waals surface area contributed by atoms with Gasteiger partial charge in [0.25, 0.3) is 5.56 Å². The van der Waals surface area contributed by atoms with Crippen molar-refractivity contribution in [1.82, 2.24) is 30.0 Å². The second kappa shape index (κ2) is 7.46. The first kappa shape index (κ1) is 17.0. The number of hydrogen-bond donors (Lipinski definition) is 1. The van der Waals surface area contributed by atoms with Crippen LogP contribution < -0.4 is 10.9 Å². The van der Waals surface area contributed by atoms with Gasteiger partial charge in [0.2, 0.25) is 17.6 Å². The fraction of sp³-hybridized carbons (Fsp3) is 0.176. The highest BCUT2D eigenvalue weighted by Crippen LogP contribution is 2.13. The number of pyridine rings is 1. The van der Waals surface area contributed by atoms with E-state index < -0.39 is 0 Å². The van der Waals surface area contributed by atoms with Gasteiger partial charge in [-0.2, -0.15) is 4.98 Å². The Labute approximate surface area is 156 Å². The number of carbonyl (C=O) groups excluding carboxylic acids is 1. The monoisotopic (exact) mass is 382 g/mol. The molecular weight excluding hydrogens is 368 g/mol. The van der Waals surface area contributed by atoms with Crippen molar-refractivity contribution < 1.29 is 9.32 Å². The summed E-state index contributed by atoms with van der Waals surface area (Å²) >= 11 is 1.31. The zero-order valence-corrected chi connectivity index (χ0v) is 14.8. The maximum atomic E-state index is 12.3. The molecule has 1 N–H and O–H groups in total. The van der Waals surface area contributed by atoms with Crippen molar-refractivity contribution in [3.05, 3.63) is 58.4 Å². The molecule has 9 nitrogen and oxygen atoms in total. The van der Waals surface area contributed by atoms with Crippen molar-refractivity contribution in [2.75, 3.05) is 6.54 Å². The number of nitrogens with one attached hydrogen (secondary N) is 1. The summed E-state index contributed by atoms with van der Waals surface area (Å²) in [5.41, 5.74) is 1.04. The molecule has 0 spiro atoms. The van der Waals surface area contributed by atoms with Gasteiger partial charge in [0.1, 0.15) is 16.9 Å². The zero-order valence-electron chi connectivity index (χ0n) is 14.0. The van der Waals surface area contributed by atoms with Crippen LogP contribution in [0.5, 0.6) is 0 Å². The third-order valence-corrected chi connectivity index (χ3v) is 4.66. The quantitative estimate of drug-likeness (QED) is 0.534. The molecular formula is C17H14N6O3S. The van der Waals surface area contributed by atoms with Crippen LogP contribution in [0.1, 0.15) is 5.89 Å². The summed E-state index contributed by atoms with van der Waals surface area (Å²) in [7, 11) is 0. The number of rotatable bonds is 6. The first-order valence-electron chi connectivity index (χ1n) is 8.14. The van der Waals surface area contributed by atoms with E-state index in [1.54, 1.807) is 29.8 Å². The standard InChI is InChI=1S/C17H14N6O3S/c24-13(9-23-10-20-11-5-8-27-15(11)17(23)25)19-7-4-14-21-16(22-26-14)12-3-1-2-6-18-12/h1-3,5-6,8,10H,4,7,9H2,(H,19,24). The Balaban J connectivity index is 1.32. The fourth-order valence-corrected chi connectivity index (χ4v) is 3.26. The van der Waals surface area contributed by atoms with Crippen LogP contribution in [-0.4, -0.2) is 37.1 Å². The van der Waals surface area contributed by atoms with Gasteiger partial charge in [0.15, 0.2) is 0 Å². The summed E-state index contributed by atoms with van der Waals surface area (Å²) in [4.78, 5) is 36.9. The molecule has 0 saturated carbocycles. The Morgan fingerprint density at radius 1 is 1.26 bits per heavy atom. The maximum absolute atomic E-state index is 12.3. The molecule has 0 aliphatic heterocycles. The van der Waals surface area contributed by atoms with E-state index in [2.05, 4.69) is 25.4 Å². The van der Waals surface area contributed by atoms with Crippen LogP contribution in [-0.2, 0) is 17.8 Å². The molecule has 0 aromatic carbocycles. The highest BCUT2D eigenvalue weighted by Gasteiger charge is 2.11. The van der Waals surface area contributed by atoms with Crippen molar-refractivity contribution in [2.24, 2.45) is 0 Å². The molecule has 0 atom stereocenters. The highest BCUT2D eigenvalue weighted by molar-refractivity contribution is 7.17. The van der Waals surface area contributed by atoms with Gasteiger partial charge in [-0.1, -0.05) is 11.2 Å². The van der Waals surface area contributed by atoms with E-state index in [0.717, 1.165) is 0 Å². The maximum Gasteiger partial charge on any atom is 0.271 e. The second-order valence-electron chi connectivity index (χ2n) is 5.64. The van der Waals surface area contributed by atoms with Crippen molar-refractivity contribution in [3.8, 4) is 11.5 Å². The molecule has 4 heterocycles. The van der Waals surface area contributed by atoms with Crippen LogP contribution in [0, 0.1) is 0 Å². The van der Waals surface area contributed by atoms with Crippen molar-refractivity contribution >= 4 is 27.5 Å². The van der Waals surface area contributed by atoms with Crippen molar-refractivity contribution in [2.45, 2.75) is 13.0 Å². The van der Waals surface area contributed by atoms with Gasteiger partial charge in [0.05, 0.1) is 11.8 Å². The lowest BCUT2D eigenvalue weighted by Crippen LogP contribution is -2.33. The minimum Gasteiger partial charge on any atom is -0.354 e. The Kier molecular flexibility index (Phi) is 4.71. The van der Waals surface area contributed by atoms with E-state index in [1.807, 2.05) is 6.07 Å². The number of carbonyl (C=O) groups is 1. The number of hydrogen-bond acceptors (Lipinski definition) is 8. The fourth-order valence-electron chi connectivity index (χ4n) is 2.47. The summed E-state index contributed by atoms with van der Waals surface area (Å²) in [6, 6.07) is 7.20. The highest BCUT2D eigenvalue weighted by atomic mass is 32.1. The molecule has 1 amide bonds. The van der Waals surface area contributed by atoms with Gasteiger partial charge in [-0.05, 0) is 23.6 Å². The number of amides is 1. The molecule has 27 heavy (non-hydrogen) atoms. The average molecular weight is 382 g/mol. The summed E-state index contributed by atoms with van der Waals surface area (Å²) in [5.74, 6) is 0.507. The zero-order chi connectivity index (χ0) is 18.6. The predicted molar refractivity (Wildman–Crippen MR) is 98.1 cm³/mol. The third-order valence-electron chi connectivity index (χ3n) is 3.77. The topological polar surface area (TPSA) is 116 Å². The summed E-state index contributed by atoms with van der Waals surface area (Å²) in [6.07, 6.45) is 3.41. The third kappa shape index (κ3) is 3.75. The largest absolute Gasteiger partial charge is 0.354 e. The van der Waals surface area contributed by atoms with Gasteiger partial charge < -0.3 is 9.84 Å². The van der Waals surface area contributed by atoms with Gasteiger partial charge >= 0.3 is 0 Å². The molecule has 10 heteroatoms. The lowest BCUT2D eigenvalue weighted by molar-refractivity contribution is -0.121. The minimum absolute atomic E-state index is 0.0946. The Morgan fingerprint density at radius 3 is 3.04 bits per heavy atom. The van der Waals surface area contributed by atoms with Gasteiger partial charge in [-0.15, -0.1) is 11.3 Å². The summed E-state index contributed by atoms with van der Waals surface area (Å²) in [6.45, 7) is 0.217. The molecule has 0 saturated heterocycles. The molecule has 4 aromatic rings. The van der Waals surface area contributed by atoms with Gasteiger partial charge in [-0.3, -0.25) is 19.1 Å². The van der Waals surface area contributed by atoms with Crippen LogP contribution in [0.3, 0.4) is 0 Å². The SMILES string of the molecule is O=C(Cn1cnc2ccsc2c1=O)NCCc1nc(-c2ccccn2)no1.